The highest BCUT2D eigenvalue weighted by Gasteiger charge is 2.33. The predicted octanol–water partition coefficient (Wildman–Crippen LogP) is 3.37. The molecule has 0 saturated carbocycles. The van der Waals surface area contributed by atoms with Crippen molar-refractivity contribution < 1.29 is 14.3 Å². The fourth-order valence-electron chi connectivity index (χ4n) is 5.42. The van der Waals surface area contributed by atoms with Crippen molar-refractivity contribution in [2.75, 3.05) is 59.3 Å². The standard InChI is InChI=1S/C30H32N4O3/c1-31(2)21-15-33(16-21)19-9-11-25-27(13-19)37-28-14-20(34-17-22(18-34)32(3)4)10-12-26(28)29(25)23-7-5-6-8-24(23)30(35)36/h5-14,21-22H,15-18H2,1-4H3/p+1. The number of hydrogen-bond acceptors (Lipinski definition) is 5. The zero-order valence-corrected chi connectivity index (χ0v) is 21.8. The van der Waals surface area contributed by atoms with Crippen LogP contribution >= 0.6 is 0 Å². The first-order chi connectivity index (χ1) is 17.8. The number of carboxylic acid groups (broad SMARTS) is 1. The zero-order chi connectivity index (χ0) is 25.8. The second kappa shape index (κ2) is 9.01. The third-order valence-corrected chi connectivity index (χ3v) is 8.03. The molecule has 0 aromatic heterocycles. The molecule has 0 unspecified atom stereocenters. The first-order valence-corrected chi connectivity index (χ1v) is 12.8. The van der Waals surface area contributed by atoms with E-state index in [-0.39, 0.29) is 5.56 Å². The van der Waals surface area contributed by atoms with Crippen LogP contribution in [0, 0.1) is 0 Å². The van der Waals surface area contributed by atoms with E-state index < -0.39 is 5.97 Å². The van der Waals surface area contributed by atoms with E-state index in [1.807, 2.05) is 12.1 Å². The smallest absolute Gasteiger partial charge is 0.336 e. The van der Waals surface area contributed by atoms with Crippen LogP contribution in [0.15, 0.2) is 65.1 Å². The van der Waals surface area contributed by atoms with E-state index >= 15 is 0 Å². The molecule has 190 valence electrons. The van der Waals surface area contributed by atoms with Gasteiger partial charge in [0, 0.05) is 53.5 Å². The second-order valence-corrected chi connectivity index (χ2v) is 10.7. The minimum absolute atomic E-state index is 0.289. The van der Waals surface area contributed by atoms with E-state index in [2.05, 4.69) is 83.9 Å². The van der Waals surface area contributed by atoms with Gasteiger partial charge in [-0.1, -0.05) is 18.2 Å². The van der Waals surface area contributed by atoms with Crippen molar-refractivity contribution in [3.63, 3.8) is 0 Å². The highest BCUT2D eigenvalue weighted by molar-refractivity contribution is 6.07. The Bertz CT molecular complexity index is 1540. The summed E-state index contributed by atoms with van der Waals surface area (Å²) in [5.74, 6) is -0.169. The molecule has 2 aromatic rings. The Kier molecular flexibility index (Phi) is 5.77. The maximum Gasteiger partial charge on any atom is 0.336 e. The Balaban J connectivity index is 1.54. The molecule has 7 nitrogen and oxygen atoms in total. The van der Waals surface area contributed by atoms with Gasteiger partial charge < -0.3 is 19.3 Å². The lowest BCUT2D eigenvalue weighted by atomic mass is 9.90. The predicted molar refractivity (Wildman–Crippen MR) is 147 cm³/mol. The van der Waals surface area contributed by atoms with Crippen molar-refractivity contribution in [2.45, 2.75) is 12.1 Å². The minimum atomic E-state index is -0.934. The van der Waals surface area contributed by atoms with Crippen molar-refractivity contribution in [1.82, 2.24) is 14.4 Å². The van der Waals surface area contributed by atoms with E-state index in [9.17, 15) is 9.90 Å². The van der Waals surface area contributed by atoms with Crippen LogP contribution in [0.25, 0.3) is 33.4 Å². The normalized spacial score (nSPS) is 18.1. The summed E-state index contributed by atoms with van der Waals surface area (Å²) < 4.78 is 8.91. The molecule has 0 spiro atoms. The highest BCUT2D eigenvalue weighted by atomic mass is 16.4. The average Bonchev–Trinajstić information content (AvgIpc) is 2.80. The number of rotatable bonds is 5. The van der Waals surface area contributed by atoms with Gasteiger partial charge in [-0.3, -0.25) is 4.90 Å². The van der Waals surface area contributed by atoms with E-state index in [0.717, 1.165) is 65.1 Å². The molecule has 2 aromatic carbocycles. The summed E-state index contributed by atoms with van der Waals surface area (Å²) in [4.78, 5) is 19.0. The largest absolute Gasteiger partial charge is 0.478 e. The first-order valence-electron chi connectivity index (χ1n) is 12.8. The van der Waals surface area contributed by atoms with Crippen LogP contribution in [0.4, 0.5) is 5.69 Å². The monoisotopic (exact) mass is 497 g/mol. The number of carboxylic acids is 1. The molecule has 3 aliphatic heterocycles. The van der Waals surface area contributed by atoms with E-state index in [1.165, 1.54) is 0 Å². The molecule has 3 heterocycles. The number of nitrogens with zero attached hydrogens (tertiary/aromatic N) is 4. The van der Waals surface area contributed by atoms with Crippen LogP contribution in [0.1, 0.15) is 10.4 Å². The molecule has 1 aliphatic carbocycles. The summed E-state index contributed by atoms with van der Waals surface area (Å²) in [6.45, 7) is 3.92. The highest BCUT2D eigenvalue weighted by Crippen LogP contribution is 2.42. The molecular formula is C30H33N4O3+. The number of fused-ring (bicyclic) bond motifs is 2. The zero-order valence-electron chi connectivity index (χ0n) is 21.8. The molecule has 2 saturated heterocycles. The molecule has 0 amide bonds. The van der Waals surface area contributed by atoms with Crippen LogP contribution in [0.2, 0.25) is 0 Å². The summed E-state index contributed by atoms with van der Waals surface area (Å²) in [6.07, 6.45) is 0. The second-order valence-electron chi connectivity index (χ2n) is 10.7. The van der Waals surface area contributed by atoms with Gasteiger partial charge in [-0.15, -0.1) is 0 Å². The Morgan fingerprint density at radius 1 is 0.919 bits per heavy atom. The maximum atomic E-state index is 12.2. The van der Waals surface area contributed by atoms with Crippen LogP contribution in [-0.4, -0.2) is 87.3 Å². The van der Waals surface area contributed by atoms with Crippen LogP contribution < -0.4 is 14.8 Å². The van der Waals surface area contributed by atoms with Gasteiger partial charge in [-0.2, -0.15) is 0 Å². The Morgan fingerprint density at radius 2 is 1.65 bits per heavy atom. The lowest BCUT2D eigenvalue weighted by molar-refractivity contribution is 0.0697. The number of carbonyl (C=O) groups is 1. The molecule has 1 N–H and O–H groups in total. The average molecular weight is 498 g/mol. The summed E-state index contributed by atoms with van der Waals surface area (Å²) in [5.41, 5.74) is 4.70. The molecule has 4 aliphatic rings. The van der Waals surface area contributed by atoms with Crippen molar-refractivity contribution in [3.05, 3.63) is 71.6 Å². The summed E-state index contributed by atoms with van der Waals surface area (Å²) in [7, 11) is 8.47. The van der Waals surface area contributed by atoms with Crippen molar-refractivity contribution in [3.8, 4) is 22.5 Å². The molecule has 37 heavy (non-hydrogen) atoms. The van der Waals surface area contributed by atoms with E-state index in [4.69, 9.17) is 4.42 Å². The van der Waals surface area contributed by atoms with Gasteiger partial charge in [-0.05, 0) is 58.0 Å². The fraction of sp³-hybridized carbons (Fsp3) is 0.333. The number of anilines is 1. The quantitative estimate of drug-likeness (QED) is 0.337. The lowest BCUT2D eigenvalue weighted by Gasteiger charge is -2.44. The summed E-state index contributed by atoms with van der Waals surface area (Å²) in [5, 5.41) is 12.0. The van der Waals surface area contributed by atoms with Gasteiger partial charge in [0.15, 0.2) is 13.1 Å². The number of benzene rings is 3. The molecule has 0 radical (unpaired) electrons. The Labute approximate surface area is 216 Å². The maximum absolute atomic E-state index is 12.2. The topological polar surface area (TPSA) is 63.2 Å². The molecule has 7 heteroatoms. The number of hydrogen-bond donors (Lipinski definition) is 1. The summed E-state index contributed by atoms with van der Waals surface area (Å²) in [6, 6.07) is 20.9. The molecule has 0 atom stereocenters. The molecular weight excluding hydrogens is 464 g/mol. The number of likely N-dealkylation sites (N-methyl/N-ethyl adjacent to an activating group) is 2. The Morgan fingerprint density at radius 3 is 2.35 bits per heavy atom. The first kappa shape index (κ1) is 23.7. The van der Waals surface area contributed by atoms with Gasteiger partial charge in [-0.25, -0.2) is 9.37 Å². The summed E-state index contributed by atoms with van der Waals surface area (Å²) >= 11 is 0. The van der Waals surface area contributed by atoms with Crippen molar-refractivity contribution in [1.29, 1.82) is 0 Å². The molecule has 0 bridgehead atoms. The number of aromatic carboxylic acids is 1. The van der Waals surface area contributed by atoms with Crippen molar-refractivity contribution in [2.24, 2.45) is 0 Å². The molecule has 2 fully saturated rings. The Hall–Kier alpha value is -3.68. The molecule has 6 rings (SSSR count). The van der Waals surface area contributed by atoms with Crippen LogP contribution in [-0.2, 0) is 0 Å². The lowest BCUT2D eigenvalue weighted by Crippen LogP contribution is -2.58. The van der Waals surface area contributed by atoms with Crippen molar-refractivity contribution >= 4 is 22.6 Å². The SMILES string of the molecule is CN(C)C1CN(c2ccc3c(-c4ccccc4C(=O)O)c4ccc(=[N+]5CC(N(C)C)C5)cc-4oc3c2)C1. The van der Waals surface area contributed by atoms with Crippen LogP contribution in [0.3, 0.4) is 0 Å². The van der Waals surface area contributed by atoms with E-state index in [1.54, 1.807) is 12.1 Å². The van der Waals surface area contributed by atoms with Gasteiger partial charge in [0.2, 0.25) is 5.36 Å². The third-order valence-electron chi connectivity index (χ3n) is 8.03. The third kappa shape index (κ3) is 4.08. The van der Waals surface area contributed by atoms with E-state index in [0.29, 0.717) is 17.6 Å². The van der Waals surface area contributed by atoms with Gasteiger partial charge in [0.1, 0.15) is 17.4 Å². The van der Waals surface area contributed by atoms with Gasteiger partial charge >= 0.3 is 5.97 Å². The fourth-order valence-corrected chi connectivity index (χ4v) is 5.42. The van der Waals surface area contributed by atoms with Gasteiger partial charge in [0.05, 0.1) is 11.6 Å². The van der Waals surface area contributed by atoms with Crippen LogP contribution in [0.5, 0.6) is 0 Å². The van der Waals surface area contributed by atoms with Gasteiger partial charge in [0.25, 0.3) is 0 Å². The minimum Gasteiger partial charge on any atom is -0.478 e.